The molecule has 9 nitrogen and oxygen atoms in total. The Morgan fingerprint density at radius 3 is 2.53 bits per heavy atom. The van der Waals surface area contributed by atoms with Gasteiger partial charge in [-0.25, -0.2) is 15.0 Å². The highest BCUT2D eigenvalue weighted by Crippen LogP contribution is 2.40. The number of piperidine rings is 1. The van der Waals surface area contributed by atoms with Crippen molar-refractivity contribution in [3.05, 3.63) is 54.0 Å². The predicted molar refractivity (Wildman–Crippen MR) is 106 cm³/mol. The molecule has 166 valence electrons. The van der Waals surface area contributed by atoms with Gasteiger partial charge in [0.2, 0.25) is 0 Å². The fraction of sp³-hybridized carbons (Fsp3) is 0.400. The lowest BCUT2D eigenvalue weighted by atomic mass is 10.0. The number of nitrogens with one attached hydrogen (secondary N) is 1. The van der Waals surface area contributed by atoms with Crippen molar-refractivity contribution in [2.24, 2.45) is 5.92 Å². The largest absolute Gasteiger partial charge is 0.434 e. The van der Waals surface area contributed by atoms with Crippen LogP contribution in [0.4, 0.5) is 19.0 Å². The molecule has 2 fully saturated rings. The molecule has 1 N–H and O–H groups in total. The van der Waals surface area contributed by atoms with Crippen LogP contribution in [0.25, 0.3) is 5.69 Å². The van der Waals surface area contributed by atoms with Crippen molar-refractivity contribution < 1.29 is 18.0 Å². The Morgan fingerprint density at radius 1 is 1.09 bits per heavy atom. The second kappa shape index (κ2) is 7.53. The van der Waals surface area contributed by atoms with Crippen LogP contribution in [0, 0.1) is 12.8 Å². The smallest absolute Gasteiger partial charge is 0.364 e. The van der Waals surface area contributed by atoms with Gasteiger partial charge in [0, 0.05) is 18.8 Å². The molecule has 3 aromatic heterocycles. The molecule has 3 atom stereocenters. The number of rotatable bonds is 4. The number of anilines is 1. The van der Waals surface area contributed by atoms with Crippen molar-refractivity contribution >= 4 is 11.7 Å². The quantitative estimate of drug-likeness (QED) is 0.660. The van der Waals surface area contributed by atoms with Gasteiger partial charge in [0.25, 0.3) is 5.91 Å². The first-order valence-corrected chi connectivity index (χ1v) is 10.1. The molecule has 0 spiro atoms. The van der Waals surface area contributed by atoms with Crippen molar-refractivity contribution in [1.82, 2.24) is 34.8 Å². The monoisotopic (exact) mass is 444 g/mol. The molecule has 3 aromatic rings. The molecule has 5 rings (SSSR count). The highest BCUT2D eigenvalue weighted by molar-refractivity contribution is 5.96. The lowest BCUT2D eigenvalue weighted by Gasteiger charge is -2.34. The number of likely N-dealkylation sites (tertiary alicyclic amines) is 1. The third kappa shape index (κ3) is 3.65. The van der Waals surface area contributed by atoms with E-state index in [2.05, 4.69) is 30.5 Å². The summed E-state index contributed by atoms with van der Waals surface area (Å²) >= 11 is 0. The van der Waals surface area contributed by atoms with Crippen molar-refractivity contribution in [3.8, 4) is 5.69 Å². The third-order valence-corrected chi connectivity index (χ3v) is 5.86. The van der Waals surface area contributed by atoms with E-state index >= 15 is 0 Å². The van der Waals surface area contributed by atoms with Gasteiger partial charge in [0.15, 0.2) is 11.4 Å². The zero-order valence-corrected chi connectivity index (χ0v) is 17.0. The summed E-state index contributed by atoms with van der Waals surface area (Å²) in [5.74, 6) is 0.313. The highest BCUT2D eigenvalue weighted by atomic mass is 19.4. The molecule has 2 aliphatic rings. The number of halogens is 3. The van der Waals surface area contributed by atoms with Crippen LogP contribution in [0.3, 0.4) is 0 Å². The van der Waals surface area contributed by atoms with Gasteiger partial charge >= 0.3 is 6.18 Å². The van der Waals surface area contributed by atoms with Crippen LogP contribution in [0.5, 0.6) is 0 Å². The summed E-state index contributed by atoms with van der Waals surface area (Å²) in [4.78, 5) is 28.2. The van der Waals surface area contributed by atoms with Gasteiger partial charge < -0.3 is 10.2 Å². The van der Waals surface area contributed by atoms with E-state index in [1.807, 2.05) is 13.0 Å². The number of hydrogen-bond donors (Lipinski definition) is 1. The van der Waals surface area contributed by atoms with Crippen molar-refractivity contribution in [2.45, 2.75) is 38.0 Å². The molecule has 1 saturated carbocycles. The molecule has 4 heterocycles. The predicted octanol–water partition coefficient (Wildman–Crippen LogP) is 2.49. The summed E-state index contributed by atoms with van der Waals surface area (Å²) in [5, 5.41) is 11.4. The summed E-state index contributed by atoms with van der Waals surface area (Å²) in [6.07, 6.45) is 3.52. The zero-order chi connectivity index (χ0) is 22.5. The minimum absolute atomic E-state index is 0.127. The van der Waals surface area contributed by atoms with E-state index in [-0.39, 0.29) is 29.5 Å². The van der Waals surface area contributed by atoms with Gasteiger partial charge in [-0.2, -0.15) is 23.4 Å². The van der Waals surface area contributed by atoms with Gasteiger partial charge in [0.05, 0.1) is 30.8 Å². The van der Waals surface area contributed by atoms with E-state index < -0.39 is 11.9 Å². The minimum Gasteiger partial charge on any atom is -0.364 e. The maximum atomic E-state index is 13.4. The first-order chi connectivity index (χ1) is 15.3. The zero-order valence-electron chi connectivity index (χ0n) is 17.0. The molecule has 1 aliphatic heterocycles. The Balaban J connectivity index is 1.36. The van der Waals surface area contributed by atoms with Crippen LogP contribution in [0.1, 0.15) is 34.6 Å². The number of alkyl halides is 3. The average molecular weight is 444 g/mol. The molecule has 2 unspecified atom stereocenters. The molecular weight excluding hydrogens is 425 g/mol. The molecule has 32 heavy (non-hydrogen) atoms. The fourth-order valence-electron chi connectivity index (χ4n) is 4.50. The number of fused-ring (bicyclic) bond motifs is 2. The Morgan fingerprint density at radius 2 is 1.88 bits per heavy atom. The molecule has 1 saturated heterocycles. The topological polar surface area (TPSA) is 102 Å². The Labute approximate surface area is 180 Å². The van der Waals surface area contributed by atoms with Crippen LogP contribution < -0.4 is 5.32 Å². The summed E-state index contributed by atoms with van der Waals surface area (Å²) in [6.45, 7) is 2.47. The second-order valence-electron chi connectivity index (χ2n) is 8.10. The molecule has 2 bridgehead atoms. The van der Waals surface area contributed by atoms with E-state index in [0.717, 1.165) is 24.6 Å². The number of aryl methyl sites for hydroxylation is 1. The summed E-state index contributed by atoms with van der Waals surface area (Å²) < 4.78 is 38.2. The maximum absolute atomic E-state index is 13.4. The highest BCUT2D eigenvalue weighted by Gasteiger charge is 2.48. The Kier molecular flexibility index (Phi) is 4.79. The van der Waals surface area contributed by atoms with Crippen molar-refractivity contribution in [1.29, 1.82) is 0 Å². The molecule has 0 radical (unpaired) electrons. The number of pyridine rings is 1. The summed E-state index contributed by atoms with van der Waals surface area (Å²) in [6, 6.07) is 1.54. The third-order valence-electron chi connectivity index (χ3n) is 5.86. The Bertz CT molecular complexity index is 1130. The van der Waals surface area contributed by atoms with E-state index in [1.165, 1.54) is 17.2 Å². The van der Waals surface area contributed by atoms with E-state index in [4.69, 9.17) is 0 Å². The van der Waals surface area contributed by atoms with E-state index in [9.17, 15) is 18.0 Å². The number of amides is 1. The first kappa shape index (κ1) is 20.3. The normalized spacial score (nSPS) is 22.4. The number of aromatic nitrogens is 6. The van der Waals surface area contributed by atoms with Gasteiger partial charge in [-0.1, -0.05) is 0 Å². The summed E-state index contributed by atoms with van der Waals surface area (Å²) in [5.41, 5.74) is 0.587. The molecular formula is C20H19F3N8O. The van der Waals surface area contributed by atoms with E-state index in [1.54, 1.807) is 11.1 Å². The molecule has 0 aromatic carbocycles. The minimum atomic E-state index is -4.54. The maximum Gasteiger partial charge on any atom is 0.434 e. The average Bonchev–Trinajstić information content (AvgIpc) is 3.50. The SMILES string of the molecule is Cc1cnc(C(=O)N2CC3CC2[C@@H](Nc2cnc(C(F)(F)F)cn2)C3)c(-n2nccn2)c1. The van der Waals surface area contributed by atoms with Crippen LogP contribution >= 0.6 is 0 Å². The summed E-state index contributed by atoms with van der Waals surface area (Å²) in [7, 11) is 0. The Hall–Kier alpha value is -3.57. The molecule has 1 aliphatic carbocycles. The van der Waals surface area contributed by atoms with Crippen molar-refractivity contribution in [2.75, 3.05) is 11.9 Å². The fourth-order valence-corrected chi connectivity index (χ4v) is 4.50. The number of nitrogens with zero attached hydrogens (tertiary/aromatic N) is 7. The molecule has 1 amide bonds. The van der Waals surface area contributed by atoms with Crippen LogP contribution in [0.2, 0.25) is 0 Å². The van der Waals surface area contributed by atoms with Gasteiger partial charge in [-0.05, 0) is 37.3 Å². The molecule has 12 heteroatoms. The lowest BCUT2D eigenvalue weighted by Crippen LogP contribution is -2.48. The van der Waals surface area contributed by atoms with Gasteiger partial charge in [-0.3, -0.25) is 4.79 Å². The van der Waals surface area contributed by atoms with Crippen LogP contribution in [-0.4, -0.2) is 59.4 Å². The van der Waals surface area contributed by atoms with Gasteiger partial charge in [-0.15, -0.1) is 4.80 Å². The number of carbonyl (C=O) groups excluding carboxylic acids is 1. The standard InChI is InChI=1S/C20H19F3N8O/c1-11-4-15(31-27-2-3-28-31)18(26-7-11)19(32)30-10-12-5-13(14(30)6-12)29-17-9-24-16(8-25-17)20(21,22)23/h2-4,7-9,12-14H,5-6,10H2,1H3,(H,25,29)/t12?,13-,14?/m0/s1. The van der Waals surface area contributed by atoms with Gasteiger partial charge in [0.1, 0.15) is 11.5 Å². The van der Waals surface area contributed by atoms with E-state index in [0.29, 0.717) is 24.3 Å². The lowest BCUT2D eigenvalue weighted by molar-refractivity contribution is -0.141. The van der Waals surface area contributed by atoms with Crippen molar-refractivity contribution in [3.63, 3.8) is 0 Å². The number of hydrogen-bond acceptors (Lipinski definition) is 7. The van der Waals surface area contributed by atoms with Crippen LogP contribution in [0.15, 0.2) is 37.1 Å². The number of carbonyl (C=O) groups is 1. The second-order valence-corrected chi connectivity index (χ2v) is 8.10. The van der Waals surface area contributed by atoms with Crippen LogP contribution in [-0.2, 0) is 6.18 Å². The first-order valence-electron chi connectivity index (χ1n) is 10.1.